The summed E-state index contributed by atoms with van der Waals surface area (Å²) in [6.07, 6.45) is -0.316. The van der Waals surface area contributed by atoms with Gasteiger partial charge in [0.15, 0.2) is 5.65 Å². The lowest BCUT2D eigenvalue weighted by Gasteiger charge is -2.09. The van der Waals surface area contributed by atoms with Crippen molar-refractivity contribution in [3.05, 3.63) is 72.8 Å². The van der Waals surface area contributed by atoms with Gasteiger partial charge in [-0.25, -0.2) is 14.5 Å². The molecule has 3 aromatic heterocycles. The van der Waals surface area contributed by atoms with Gasteiger partial charge in [-0.3, -0.25) is 4.79 Å². The largest absolute Gasteiger partial charge is 0.574 e. The van der Waals surface area contributed by atoms with Crippen molar-refractivity contribution >= 4 is 17.2 Å². The molecule has 0 bridgehead atoms. The number of pyridine rings is 2. The van der Waals surface area contributed by atoms with Crippen LogP contribution in [-0.4, -0.2) is 31.9 Å². The van der Waals surface area contributed by atoms with E-state index < -0.39 is 12.2 Å². The maximum absolute atomic E-state index is 12.2. The molecule has 0 aliphatic heterocycles. The number of anilines is 1. The van der Waals surface area contributed by atoms with Crippen molar-refractivity contribution in [2.45, 2.75) is 12.8 Å². The first-order valence-electron chi connectivity index (χ1n) is 8.76. The third kappa shape index (κ3) is 4.72. The van der Waals surface area contributed by atoms with E-state index in [2.05, 4.69) is 25.1 Å². The van der Waals surface area contributed by atoms with Crippen molar-refractivity contribution in [1.82, 2.24) is 19.6 Å². The molecule has 1 aromatic carbocycles. The SMILES string of the molecule is O=C(Cc1ccc(-c2ccn3ncnc3c2)cc1)Nc1ccc(OC(F)(F)F)nc1. The normalized spacial score (nSPS) is 11.4. The molecular formula is C20H14F3N5O2. The smallest absolute Gasteiger partial charge is 0.388 e. The first kappa shape index (κ1) is 19.4. The third-order valence-electron chi connectivity index (χ3n) is 4.17. The Balaban J connectivity index is 1.37. The van der Waals surface area contributed by atoms with Gasteiger partial charge >= 0.3 is 6.36 Å². The van der Waals surface area contributed by atoms with E-state index in [9.17, 15) is 18.0 Å². The summed E-state index contributed by atoms with van der Waals surface area (Å²) in [6, 6.07) is 13.6. The average Bonchev–Trinajstić information content (AvgIpc) is 3.17. The number of aromatic nitrogens is 4. The number of rotatable bonds is 5. The number of ether oxygens (including phenoxy) is 1. The monoisotopic (exact) mass is 413 g/mol. The maximum atomic E-state index is 12.2. The summed E-state index contributed by atoms with van der Waals surface area (Å²) < 4.78 is 41.8. The van der Waals surface area contributed by atoms with Crippen LogP contribution in [0.4, 0.5) is 18.9 Å². The molecule has 3 heterocycles. The molecule has 7 nitrogen and oxygen atoms in total. The highest BCUT2D eigenvalue weighted by Crippen LogP contribution is 2.22. The summed E-state index contributed by atoms with van der Waals surface area (Å²) in [7, 11) is 0. The van der Waals surface area contributed by atoms with Crippen LogP contribution in [0.25, 0.3) is 16.8 Å². The van der Waals surface area contributed by atoms with Crippen LogP contribution in [0.5, 0.6) is 5.88 Å². The first-order chi connectivity index (χ1) is 14.4. The quantitative estimate of drug-likeness (QED) is 0.537. The Bertz CT molecular complexity index is 1170. The van der Waals surface area contributed by atoms with Crippen LogP contribution >= 0.6 is 0 Å². The predicted octanol–water partition coefficient (Wildman–Crippen LogP) is 3.87. The van der Waals surface area contributed by atoms with Gasteiger partial charge in [-0.15, -0.1) is 13.2 Å². The van der Waals surface area contributed by atoms with Crippen molar-refractivity contribution < 1.29 is 22.7 Å². The Morgan fingerprint density at radius 3 is 2.53 bits per heavy atom. The summed E-state index contributed by atoms with van der Waals surface area (Å²) in [4.78, 5) is 19.9. The van der Waals surface area contributed by atoms with Crippen molar-refractivity contribution in [3.8, 4) is 17.0 Å². The van der Waals surface area contributed by atoms with Crippen molar-refractivity contribution in [1.29, 1.82) is 0 Å². The predicted molar refractivity (Wildman–Crippen MR) is 102 cm³/mol. The van der Waals surface area contributed by atoms with Crippen LogP contribution < -0.4 is 10.1 Å². The fourth-order valence-corrected chi connectivity index (χ4v) is 2.83. The first-order valence-corrected chi connectivity index (χ1v) is 8.76. The van der Waals surface area contributed by atoms with Gasteiger partial charge in [0.2, 0.25) is 11.8 Å². The molecule has 0 aliphatic carbocycles. The minimum atomic E-state index is -4.81. The number of fused-ring (bicyclic) bond motifs is 1. The van der Waals surface area contributed by atoms with Crippen molar-refractivity contribution in [2.75, 3.05) is 5.32 Å². The minimum absolute atomic E-state index is 0.101. The molecular weight excluding hydrogens is 399 g/mol. The Kier molecular flexibility index (Phi) is 5.05. The van der Waals surface area contributed by atoms with Crippen LogP contribution in [0.3, 0.4) is 0 Å². The van der Waals surface area contributed by atoms with Gasteiger partial charge in [0, 0.05) is 12.3 Å². The Morgan fingerprint density at radius 2 is 1.83 bits per heavy atom. The average molecular weight is 413 g/mol. The van der Waals surface area contributed by atoms with E-state index in [-0.39, 0.29) is 18.0 Å². The fourth-order valence-electron chi connectivity index (χ4n) is 2.83. The number of hydrogen-bond acceptors (Lipinski definition) is 5. The molecule has 1 N–H and O–H groups in total. The van der Waals surface area contributed by atoms with E-state index in [1.165, 1.54) is 12.4 Å². The van der Waals surface area contributed by atoms with E-state index in [1.807, 2.05) is 42.6 Å². The number of hydrogen-bond donors (Lipinski definition) is 1. The minimum Gasteiger partial charge on any atom is -0.388 e. The molecule has 0 spiro atoms. The van der Waals surface area contributed by atoms with Gasteiger partial charge in [-0.2, -0.15) is 5.10 Å². The van der Waals surface area contributed by atoms with E-state index >= 15 is 0 Å². The van der Waals surface area contributed by atoms with Gasteiger partial charge < -0.3 is 10.1 Å². The number of benzene rings is 1. The van der Waals surface area contributed by atoms with Gasteiger partial charge in [-0.1, -0.05) is 24.3 Å². The highest BCUT2D eigenvalue weighted by atomic mass is 19.4. The standard InChI is InChI=1S/C20H14F3N5O2/c21-20(22,23)30-19-6-5-16(11-24-19)27-18(29)9-13-1-3-14(4-2-13)15-7-8-28-17(10-15)25-12-26-28/h1-8,10-12H,9H2,(H,27,29). The molecule has 0 saturated heterocycles. The Labute approximate surface area is 168 Å². The molecule has 1 amide bonds. The lowest BCUT2D eigenvalue weighted by Crippen LogP contribution is -2.18. The molecule has 0 fully saturated rings. The second-order valence-corrected chi connectivity index (χ2v) is 6.33. The molecule has 0 unspecified atom stereocenters. The summed E-state index contributed by atoms with van der Waals surface area (Å²) in [5.41, 5.74) is 3.72. The second kappa shape index (κ2) is 7.82. The molecule has 0 aliphatic rings. The van der Waals surface area contributed by atoms with Crippen LogP contribution in [0.1, 0.15) is 5.56 Å². The van der Waals surface area contributed by atoms with Gasteiger partial charge in [-0.05, 0) is 34.9 Å². The van der Waals surface area contributed by atoms with E-state index in [0.29, 0.717) is 0 Å². The lowest BCUT2D eigenvalue weighted by atomic mass is 10.0. The number of alkyl halides is 3. The Hall–Kier alpha value is -3.95. The number of carbonyl (C=O) groups excluding carboxylic acids is 1. The number of carbonyl (C=O) groups is 1. The van der Waals surface area contributed by atoms with Crippen LogP contribution in [0.2, 0.25) is 0 Å². The van der Waals surface area contributed by atoms with Crippen molar-refractivity contribution in [2.24, 2.45) is 0 Å². The zero-order valence-corrected chi connectivity index (χ0v) is 15.3. The number of amides is 1. The lowest BCUT2D eigenvalue weighted by molar-refractivity contribution is -0.276. The third-order valence-corrected chi connectivity index (χ3v) is 4.17. The topological polar surface area (TPSA) is 81.4 Å². The summed E-state index contributed by atoms with van der Waals surface area (Å²) in [5.74, 6) is -0.917. The zero-order chi connectivity index (χ0) is 21.1. The fraction of sp³-hybridized carbons (Fsp3) is 0.100. The zero-order valence-electron chi connectivity index (χ0n) is 15.3. The van der Waals surface area contributed by atoms with E-state index in [1.54, 1.807) is 4.52 Å². The number of nitrogens with zero attached hydrogens (tertiary/aromatic N) is 4. The molecule has 30 heavy (non-hydrogen) atoms. The maximum Gasteiger partial charge on any atom is 0.574 e. The molecule has 0 radical (unpaired) electrons. The van der Waals surface area contributed by atoms with Crippen LogP contribution in [-0.2, 0) is 11.2 Å². The number of halogens is 3. The van der Waals surface area contributed by atoms with E-state index in [0.717, 1.165) is 34.6 Å². The highest BCUT2D eigenvalue weighted by molar-refractivity contribution is 5.92. The van der Waals surface area contributed by atoms with Gasteiger partial charge in [0.05, 0.1) is 18.3 Å². The molecule has 152 valence electrons. The molecule has 4 aromatic rings. The summed E-state index contributed by atoms with van der Waals surface area (Å²) >= 11 is 0. The van der Waals surface area contributed by atoms with Crippen LogP contribution in [0.15, 0.2) is 67.3 Å². The summed E-state index contributed by atoms with van der Waals surface area (Å²) in [5, 5.41) is 6.64. The summed E-state index contributed by atoms with van der Waals surface area (Å²) in [6.45, 7) is 0. The number of nitrogens with one attached hydrogen (secondary N) is 1. The van der Waals surface area contributed by atoms with Gasteiger partial charge in [0.25, 0.3) is 0 Å². The van der Waals surface area contributed by atoms with Crippen LogP contribution in [0, 0.1) is 0 Å². The molecule has 4 rings (SSSR count). The highest BCUT2D eigenvalue weighted by Gasteiger charge is 2.31. The van der Waals surface area contributed by atoms with E-state index in [4.69, 9.17) is 0 Å². The molecule has 0 saturated carbocycles. The second-order valence-electron chi connectivity index (χ2n) is 6.33. The van der Waals surface area contributed by atoms with Crippen molar-refractivity contribution in [3.63, 3.8) is 0 Å². The molecule has 0 atom stereocenters. The molecule has 10 heteroatoms. The van der Waals surface area contributed by atoms with Gasteiger partial charge in [0.1, 0.15) is 6.33 Å². The Morgan fingerprint density at radius 1 is 1.03 bits per heavy atom.